The van der Waals surface area contributed by atoms with Crippen LogP contribution in [0.5, 0.6) is 0 Å². The molecule has 2 aromatic rings. The molecule has 100 valence electrons. The summed E-state index contributed by atoms with van der Waals surface area (Å²) in [5.74, 6) is 2.59. The molecule has 0 aliphatic heterocycles. The molecule has 1 aromatic heterocycles. The number of hydrogen-bond acceptors (Lipinski definition) is 1. The molecule has 2 rings (SSSR count). The molecule has 2 nitrogen and oxygen atoms in total. The summed E-state index contributed by atoms with van der Waals surface area (Å²) in [5.41, 5.74) is 0.351. The number of rotatable bonds is 1. The third kappa shape index (κ3) is 3.62. The number of nitrogens with zero attached hydrogens (tertiary/aromatic N) is 1. The van der Waals surface area contributed by atoms with Crippen LogP contribution in [0.3, 0.4) is 0 Å². The second-order valence-corrected chi connectivity index (χ2v) is 3.36. The van der Waals surface area contributed by atoms with Crippen LogP contribution in [0.2, 0.25) is 0 Å². The van der Waals surface area contributed by atoms with Crippen molar-refractivity contribution >= 4 is 0 Å². The molecule has 0 fully saturated rings. The number of halogens is 3. The van der Waals surface area contributed by atoms with Crippen molar-refractivity contribution in [3.05, 3.63) is 41.7 Å². The van der Waals surface area contributed by atoms with Gasteiger partial charge in [0.1, 0.15) is 11.5 Å². The van der Waals surface area contributed by atoms with Gasteiger partial charge in [-0.2, -0.15) is 13.2 Å². The molecule has 0 unspecified atom stereocenters. The number of aromatic amines is 1. The molecule has 1 N–H and O–H groups in total. The first-order chi connectivity index (χ1) is 9.00. The third-order valence-corrected chi connectivity index (χ3v) is 2.21. The Morgan fingerprint density at radius 1 is 1.16 bits per heavy atom. The van der Waals surface area contributed by atoms with Gasteiger partial charge in [0.2, 0.25) is 0 Å². The lowest BCUT2D eigenvalue weighted by Crippen LogP contribution is -2.04. The Morgan fingerprint density at radius 3 is 2.16 bits per heavy atom. The first-order valence-electron chi connectivity index (χ1n) is 5.70. The minimum absolute atomic E-state index is 0.167. The smallest absolute Gasteiger partial charge is 0.334 e. The summed E-state index contributed by atoms with van der Waals surface area (Å²) in [6.07, 6.45) is 1.53. The normalized spacial score (nSPS) is 10.3. The van der Waals surface area contributed by atoms with E-state index in [1.807, 2.05) is 13.8 Å². The van der Waals surface area contributed by atoms with Crippen molar-refractivity contribution in [2.75, 3.05) is 0 Å². The van der Waals surface area contributed by atoms with Gasteiger partial charge in [0, 0.05) is 11.1 Å². The monoisotopic (exact) mass is 266 g/mol. The van der Waals surface area contributed by atoms with Crippen LogP contribution in [0.15, 0.2) is 30.5 Å². The Kier molecular flexibility index (Phi) is 4.76. The Balaban J connectivity index is 0.000000861. The summed E-state index contributed by atoms with van der Waals surface area (Å²) in [5, 5.41) is 0. The first-order valence-corrected chi connectivity index (χ1v) is 5.70. The van der Waals surface area contributed by atoms with E-state index in [0.717, 1.165) is 6.20 Å². The van der Waals surface area contributed by atoms with Crippen LogP contribution in [0.4, 0.5) is 13.2 Å². The van der Waals surface area contributed by atoms with Gasteiger partial charge in [-0.25, -0.2) is 4.98 Å². The van der Waals surface area contributed by atoms with E-state index in [2.05, 4.69) is 15.9 Å². The van der Waals surface area contributed by atoms with Crippen molar-refractivity contribution in [3.63, 3.8) is 0 Å². The molecule has 19 heavy (non-hydrogen) atoms. The molecule has 5 heteroatoms. The van der Waals surface area contributed by atoms with Gasteiger partial charge in [-0.3, -0.25) is 0 Å². The predicted octanol–water partition coefficient (Wildman–Crippen LogP) is 4.10. The minimum atomic E-state index is -4.41. The van der Waals surface area contributed by atoms with Crippen molar-refractivity contribution < 1.29 is 13.2 Å². The molecule has 0 aliphatic rings. The van der Waals surface area contributed by atoms with E-state index >= 15 is 0 Å². The summed E-state index contributed by atoms with van der Waals surface area (Å²) < 4.78 is 37.0. The number of H-pyrrole nitrogens is 1. The fourth-order valence-corrected chi connectivity index (χ4v) is 1.34. The maximum atomic E-state index is 12.3. The van der Waals surface area contributed by atoms with Crippen LogP contribution >= 0.6 is 0 Å². The first kappa shape index (κ1) is 14.8. The van der Waals surface area contributed by atoms with Crippen LogP contribution < -0.4 is 0 Å². The minimum Gasteiger partial charge on any atom is -0.334 e. The summed E-state index contributed by atoms with van der Waals surface area (Å²) in [6, 6.07) is 6.53. The third-order valence-electron chi connectivity index (χ3n) is 2.21. The van der Waals surface area contributed by atoms with Crippen molar-refractivity contribution in [3.8, 4) is 23.7 Å². The lowest BCUT2D eigenvalue weighted by Gasteiger charge is -2.01. The fourth-order valence-electron chi connectivity index (χ4n) is 1.34. The van der Waals surface area contributed by atoms with Crippen LogP contribution in [0, 0.1) is 12.3 Å². The zero-order chi connectivity index (χ0) is 14.5. The highest BCUT2D eigenvalue weighted by Gasteiger charge is 2.32. The van der Waals surface area contributed by atoms with Gasteiger partial charge in [-0.15, -0.1) is 6.42 Å². The molecule has 0 amide bonds. The van der Waals surface area contributed by atoms with Crippen LogP contribution in [-0.4, -0.2) is 9.97 Å². The number of terminal acetylenes is 1. The van der Waals surface area contributed by atoms with Crippen molar-refractivity contribution in [2.24, 2.45) is 0 Å². The Hall–Kier alpha value is -2.22. The number of alkyl halides is 3. The highest BCUT2D eigenvalue weighted by molar-refractivity contribution is 5.57. The molecule has 0 aliphatic carbocycles. The quantitative estimate of drug-likeness (QED) is 0.773. The molecule has 1 heterocycles. The van der Waals surface area contributed by atoms with Gasteiger partial charge in [0.15, 0.2) is 0 Å². The summed E-state index contributed by atoms with van der Waals surface area (Å²) in [6.45, 7) is 4.00. The highest BCUT2D eigenvalue weighted by Crippen LogP contribution is 2.29. The van der Waals surface area contributed by atoms with Crippen LogP contribution in [0.25, 0.3) is 11.4 Å². The number of imidazole rings is 1. The van der Waals surface area contributed by atoms with Gasteiger partial charge in [0.05, 0.1) is 6.20 Å². The van der Waals surface area contributed by atoms with Crippen molar-refractivity contribution in [2.45, 2.75) is 20.0 Å². The summed E-state index contributed by atoms with van der Waals surface area (Å²) >= 11 is 0. The average molecular weight is 266 g/mol. The van der Waals surface area contributed by atoms with E-state index in [1.165, 1.54) is 0 Å². The lowest BCUT2D eigenvalue weighted by atomic mass is 10.1. The van der Waals surface area contributed by atoms with Gasteiger partial charge in [-0.1, -0.05) is 31.9 Å². The molecule has 0 saturated heterocycles. The van der Waals surface area contributed by atoms with Crippen LogP contribution in [-0.2, 0) is 6.18 Å². The lowest BCUT2D eigenvalue weighted by molar-refractivity contribution is -0.140. The van der Waals surface area contributed by atoms with Crippen molar-refractivity contribution in [1.82, 2.24) is 9.97 Å². The molecule has 0 radical (unpaired) electrons. The van der Waals surface area contributed by atoms with Crippen LogP contribution in [0.1, 0.15) is 25.1 Å². The second-order valence-electron chi connectivity index (χ2n) is 3.36. The maximum Gasteiger partial charge on any atom is 0.432 e. The zero-order valence-electron chi connectivity index (χ0n) is 10.5. The molecule has 0 spiro atoms. The molecule has 0 saturated carbocycles. The maximum absolute atomic E-state index is 12.3. The molecule has 1 aromatic carbocycles. The number of benzene rings is 1. The number of aromatic nitrogens is 2. The van der Waals surface area contributed by atoms with Crippen molar-refractivity contribution in [1.29, 1.82) is 0 Å². The van der Waals surface area contributed by atoms with Gasteiger partial charge in [-0.05, 0) is 12.1 Å². The molecular weight excluding hydrogens is 253 g/mol. The Labute approximate surface area is 109 Å². The second kappa shape index (κ2) is 6.10. The zero-order valence-corrected chi connectivity index (χ0v) is 10.5. The van der Waals surface area contributed by atoms with E-state index in [4.69, 9.17) is 6.42 Å². The van der Waals surface area contributed by atoms with E-state index in [-0.39, 0.29) is 5.82 Å². The van der Waals surface area contributed by atoms with E-state index in [0.29, 0.717) is 11.1 Å². The topological polar surface area (TPSA) is 28.7 Å². The fraction of sp³-hybridized carbons (Fsp3) is 0.214. The van der Waals surface area contributed by atoms with E-state index in [1.54, 1.807) is 24.3 Å². The highest BCUT2D eigenvalue weighted by atomic mass is 19.4. The van der Waals surface area contributed by atoms with E-state index < -0.39 is 11.9 Å². The standard InChI is InChI=1S/C12H7F3N2.C2H6/c1-2-8-3-5-9(6-4-8)11-16-7-10(17-11)12(13,14)15;1-2/h1,3-7H,(H,16,17);1-2H3. The van der Waals surface area contributed by atoms with Gasteiger partial charge < -0.3 is 4.98 Å². The predicted molar refractivity (Wildman–Crippen MR) is 68.3 cm³/mol. The number of nitrogens with one attached hydrogen (secondary N) is 1. The van der Waals surface area contributed by atoms with Gasteiger partial charge in [0.25, 0.3) is 0 Å². The SMILES string of the molecule is C#Cc1ccc(-c2ncc(C(F)(F)F)[nH]2)cc1.CC. The molecule has 0 atom stereocenters. The Bertz CT molecular complexity index is 560. The molecule has 0 bridgehead atoms. The Morgan fingerprint density at radius 2 is 1.74 bits per heavy atom. The molecular formula is C14H13F3N2. The summed E-state index contributed by atoms with van der Waals surface area (Å²) in [4.78, 5) is 5.90. The van der Waals surface area contributed by atoms with Gasteiger partial charge >= 0.3 is 6.18 Å². The van der Waals surface area contributed by atoms with E-state index in [9.17, 15) is 13.2 Å². The average Bonchev–Trinajstić information content (AvgIpc) is 2.91. The largest absolute Gasteiger partial charge is 0.432 e. The summed E-state index contributed by atoms with van der Waals surface area (Å²) in [7, 11) is 0. The number of hydrogen-bond donors (Lipinski definition) is 1.